The molecule has 0 amide bonds. The minimum absolute atomic E-state index is 0.469. The van der Waals surface area contributed by atoms with Gasteiger partial charge in [0.1, 0.15) is 0 Å². The summed E-state index contributed by atoms with van der Waals surface area (Å²) >= 11 is 0. The molecule has 19 heavy (non-hydrogen) atoms. The summed E-state index contributed by atoms with van der Waals surface area (Å²) in [6.07, 6.45) is 7.71. The third-order valence-electron chi connectivity index (χ3n) is 4.46. The molecule has 108 valence electrons. The molecule has 0 spiro atoms. The van der Waals surface area contributed by atoms with E-state index in [1.807, 2.05) is 12.5 Å². The zero-order valence-corrected chi connectivity index (χ0v) is 12.9. The van der Waals surface area contributed by atoms with Crippen molar-refractivity contribution in [2.24, 2.45) is 17.3 Å². The molecule has 0 aliphatic heterocycles. The maximum Gasteiger partial charge on any atom is 0.0937 e. The van der Waals surface area contributed by atoms with Gasteiger partial charge in [0.2, 0.25) is 0 Å². The first-order valence-electron chi connectivity index (χ1n) is 7.71. The molecular formula is C17H29NO. The Kier molecular flexibility index (Phi) is 4.72. The molecule has 1 aromatic rings. The molecule has 2 heteroatoms. The number of furan rings is 1. The molecule has 1 aliphatic carbocycles. The van der Waals surface area contributed by atoms with Gasteiger partial charge in [-0.1, -0.05) is 27.7 Å². The molecule has 0 aromatic carbocycles. The molecule has 1 aliphatic rings. The van der Waals surface area contributed by atoms with E-state index in [1.165, 1.54) is 24.8 Å². The second kappa shape index (κ2) is 6.13. The van der Waals surface area contributed by atoms with Gasteiger partial charge in [0.25, 0.3) is 0 Å². The minimum Gasteiger partial charge on any atom is -0.472 e. The summed E-state index contributed by atoms with van der Waals surface area (Å²) in [7, 11) is 0. The van der Waals surface area contributed by atoms with Crippen LogP contribution in [0.5, 0.6) is 0 Å². The lowest BCUT2D eigenvalue weighted by Crippen LogP contribution is -2.35. The quantitative estimate of drug-likeness (QED) is 0.850. The monoisotopic (exact) mass is 263 g/mol. The molecule has 2 atom stereocenters. The van der Waals surface area contributed by atoms with E-state index in [0.29, 0.717) is 11.3 Å². The largest absolute Gasteiger partial charge is 0.472 e. The highest BCUT2D eigenvalue weighted by atomic mass is 16.3. The summed E-state index contributed by atoms with van der Waals surface area (Å²) in [4.78, 5) is 0. The molecule has 1 aromatic heterocycles. The fourth-order valence-electron chi connectivity index (χ4n) is 3.32. The third-order valence-corrected chi connectivity index (χ3v) is 4.46. The van der Waals surface area contributed by atoms with Gasteiger partial charge < -0.3 is 9.73 Å². The Hall–Kier alpha value is -0.760. The molecule has 1 fully saturated rings. The smallest absolute Gasteiger partial charge is 0.0937 e. The summed E-state index contributed by atoms with van der Waals surface area (Å²) < 4.78 is 5.31. The van der Waals surface area contributed by atoms with Crippen LogP contribution in [-0.2, 0) is 0 Å². The highest BCUT2D eigenvalue weighted by molar-refractivity contribution is 5.16. The molecule has 2 rings (SSSR count). The summed E-state index contributed by atoms with van der Waals surface area (Å²) in [5, 5.41) is 3.64. The van der Waals surface area contributed by atoms with Gasteiger partial charge in [0.15, 0.2) is 0 Å². The maximum absolute atomic E-state index is 5.31. The van der Waals surface area contributed by atoms with Crippen LogP contribution < -0.4 is 5.32 Å². The van der Waals surface area contributed by atoms with Crippen LogP contribution in [0.15, 0.2) is 23.0 Å². The predicted octanol–water partition coefficient (Wildman–Crippen LogP) is 4.44. The normalized spacial score (nSPS) is 26.8. The Bertz CT molecular complexity index is 367. The molecular weight excluding hydrogens is 234 g/mol. The predicted molar refractivity (Wildman–Crippen MR) is 80.3 cm³/mol. The summed E-state index contributed by atoms with van der Waals surface area (Å²) in [5.74, 6) is 2.14. The van der Waals surface area contributed by atoms with Gasteiger partial charge in [-0.2, -0.15) is 0 Å². The van der Waals surface area contributed by atoms with E-state index < -0.39 is 0 Å². The van der Waals surface area contributed by atoms with E-state index in [-0.39, 0.29) is 0 Å². The van der Waals surface area contributed by atoms with Gasteiger partial charge in [-0.25, -0.2) is 0 Å². The molecule has 2 nitrogen and oxygen atoms in total. The van der Waals surface area contributed by atoms with Crippen LogP contribution in [0.4, 0.5) is 0 Å². The molecule has 0 radical (unpaired) electrons. The number of hydrogen-bond acceptors (Lipinski definition) is 2. The topological polar surface area (TPSA) is 25.2 Å². The minimum atomic E-state index is 0.469. The van der Waals surface area contributed by atoms with Gasteiger partial charge in [-0.15, -0.1) is 0 Å². The first kappa shape index (κ1) is 14.6. The first-order valence-corrected chi connectivity index (χ1v) is 7.71. The fraction of sp³-hybridized carbons (Fsp3) is 0.765. The van der Waals surface area contributed by atoms with Crippen molar-refractivity contribution in [1.82, 2.24) is 5.32 Å². The van der Waals surface area contributed by atoms with Crippen LogP contribution in [0, 0.1) is 17.3 Å². The zero-order valence-electron chi connectivity index (χ0n) is 12.9. The summed E-state index contributed by atoms with van der Waals surface area (Å²) in [6, 6.07) is 2.15. The van der Waals surface area contributed by atoms with Crippen LogP contribution >= 0.6 is 0 Å². The summed E-state index contributed by atoms with van der Waals surface area (Å²) in [5.41, 5.74) is 1.86. The lowest BCUT2D eigenvalue weighted by molar-refractivity contribution is 0.158. The number of hydrogen-bond donors (Lipinski definition) is 1. The Morgan fingerprint density at radius 3 is 2.84 bits per heavy atom. The molecule has 1 saturated carbocycles. The van der Waals surface area contributed by atoms with Crippen LogP contribution in [0.1, 0.15) is 58.4 Å². The molecule has 1 heterocycles. The van der Waals surface area contributed by atoms with E-state index >= 15 is 0 Å². The van der Waals surface area contributed by atoms with E-state index in [0.717, 1.165) is 24.9 Å². The van der Waals surface area contributed by atoms with Gasteiger partial charge in [0, 0.05) is 0 Å². The van der Waals surface area contributed by atoms with Crippen molar-refractivity contribution >= 4 is 0 Å². The lowest BCUT2D eigenvalue weighted by atomic mass is 9.65. The van der Waals surface area contributed by atoms with E-state index in [2.05, 4.69) is 39.1 Å². The van der Waals surface area contributed by atoms with E-state index in [4.69, 9.17) is 4.42 Å². The van der Waals surface area contributed by atoms with Crippen LogP contribution in [0.2, 0.25) is 0 Å². The Balaban J connectivity index is 1.99. The maximum atomic E-state index is 5.31. The molecule has 0 bridgehead atoms. The molecule has 1 N–H and O–H groups in total. The van der Waals surface area contributed by atoms with Crippen molar-refractivity contribution in [2.45, 2.75) is 52.9 Å². The first-order chi connectivity index (χ1) is 8.98. The van der Waals surface area contributed by atoms with Gasteiger partial charge >= 0.3 is 0 Å². The van der Waals surface area contributed by atoms with Crippen molar-refractivity contribution in [3.63, 3.8) is 0 Å². The molecule has 0 saturated heterocycles. The SMILES string of the molecule is CC(C)CNCC1CCC(C)(C)CC1c1ccoc1. The van der Waals surface area contributed by atoms with Crippen molar-refractivity contribution in [3.05, 3.63) is 24.2 Å². The van der Waals surface area contributed by atoms with E-state index in [1.54, 1.807) is 0 Å². The zero-order chi connectivity index (χ0) is 13.9. The highest BCUT2D eigenvalue weighted by Gasteiger charge is 2.35. The lowest BCUT2D eigenvalue weighted by Gasteiger charge is -2.40. The third kappa shape index (κ3) is 4.10. The Labute approximate surface area is 118 Å². The average molecular weight is 263 g/mol. The molecule has 2 unspecified atom stereocenters. The van der Waals surface area contributed by atoms with Crippen molar-refractivity contribution in [1.29, 1.82) is 0 Å². The number of rotatable bonds is 5. The van der Waals surface area contributed by atoms with Crippen LogP contribution in [0.25, 0.3) is 0 Å². The van der Waals surface area contributed by atoms with E-state index in [9.17, 15) is 0 Å². The van der Waals surface area contributed by atoms with Crippen molar-refractivity contribution < 1.29 is 4.42 Å². The Morgan fingerprint density at radius 2 is 2.21 bits per heavy atom. The van der Waals surface area contributed by atoms with Crippen LogP contribution in [0.3, 0.4) is 0 Å². The van der Waals surface area contributed by atoms with Gasteiger partial charge in [0.05, 0.1) is 12.5 Å². The second-order valence-corrected chi connectivity index (χ2v) is 7.38. The Morgan fingerprint density at radius 1 is 1.42 bits per heavy atom. The average Bonchev–Trinajstić information content (AvgIpc) is 2.83. The fourth-order valence-corrected chi connectivity index (χ4v) is 3.32. The number of nitrogens with one attached hydrogen (secondary N) is 1. The standard InChI is InChI=1S/C17H29NO/c1-13(2)10-18-11-14-5-7-17(3,4)9-16(14)15-6-8-19-12-15/h6,8,12-14,16,18H,5,7,9-11H2,1-4H3. The van der Waals surface area contributed by atoms with Crippen molar-refractivity contribution in [3.8, 4) is 0 Å². The van der Waals surface area contributed by atoms with Gasteiger partial charge in [-0.05, 0) is 67.2 Å². The summed E-state index contributed by atoms with van der Waals surface area (Å²) in [6.45, 7) is 11.6. The van der Waals surface area contributed by atoms with Crippen molar-refractivity contribution in [2.75, 3.05) is 13.1 Å². The van der Waals surface area contributed by atoms with Gasteiger partial charge in [-0.3, -0.25) is 0 Å². The second-order valence-electron chi connectivity index (χ2n) is 7.38. The highest BCUT2D eigenvalue weighted by Crippen LogP contribution is 2.46. The van der Waals surface area contributed by atoms with Crippen LogP contribution in [-0.4, -0.2) is 13.1 Å².